The summed E-state index contributed by atoms with van der Waals surface area (Å²) in [5.41, 5.74) is 2.66. The number of nitrogen functional groups attached to an aromatic ring is 1. The molecule has 0 radical (unpaired) electrons. The monoisotopic (exact) mass is 285 g/mol. The number of rotatable bonds is 4. The lowest BCUT2D eigenvalue weighted by atomic mass is 9.75. The van der Waals surface area contributed by atoms with E-state index in [-0.39, 0.29) is 5.54 Å². The number of nitrogens with zero attached hydrogens (tertiary/aromatic N) is 2. The minimum Gasteiger partial charge on any atom is -0.364 e. The fraction of sp³-hybridized carbons (Fsp3) is 0.600. The highest BCUT2D eigenvalue weighted by Crippen LogP contribution is 2.38. The summed E-state index contributed by atoms with van der Waals surface area (Å²) in [6, 6.07) is 0. The summed E-state index contributed by atoms with van der Waals surface area (Å²) >= 11 is 3.44. The van der Waals surface area contributed by atoms with Crippen LogP contribution in [0, 0.1) is 0 Å². The molecule has 0 spiro atoms. The average molecular weight is 286 g/mol. The topological polar surface area (TPSA) is 75.9 Å². The third-order valence-corrected chi connectivity index (χ3v) is 3.82. The highest BCUT2D eigenvalue weighted by atomic mass is 79.9. The molecular formula is C10H16BrN5. The van der Waals surface area contributed by atoms with Crippen molar-refractivity contribution in [2.45, 2.75) is 38.1 Å². The van der Waals surface area contributed by atoms with Crippen molar-refractivity contribution in [2.24, 2.45) is 5.84 Å². The van der Waals surface area contributed by atoms with Crippen molar-refractivity contribution in [1.82, 2.24) is 9.97 Å². The van der Waals surface area contributed by atoms with Crippen LogP contribution in [0.3, 0.4) is 0 Å². The Bertz CT molecular complexity index is 372. The highest BCUT2D eigenvalue weighted by Gasteiger charge is 2.35. The molecule has 0 aliphatic heterocycles. The first-order chi connectivity index (χ1) is 7.69. The predicted molar refractivity (Wildman–Crippen MR) is 68.0 cm³/mol. The molecule has 0 unspecified atom stereocenters. The third kappa shape index (κ3) is 2.12. The number of anilines is 2. The van der Waals surface area contributed by atoms with E-state index in [1.165, 1.54) is 19.3 Å². The maximum atomic E-state index is 5.29. The largest absolute Gasteiger partial charge is 0.364 e. The number of hydrogen-bond acceptors (Lipinski definition) is 5. The summed E-state index contributed by atoms with van der Waals surface area (Å²) in [6.45, 7) is 2.20. The number of hydrazine groups is 1. The number of aromatic nitrogens is 2. The fourth-order valence-corrected chi connectivity index (χ4v) is 2.24. The molecule has 1 aliphatic rings. The van der Waals surface area contributed by atoms with Crippen LogP contribution in [0.5, 0.6) is 0 Å². The van der Waals surface area contributed by atoms with E-state index in [0.29, 0.717) is 5.95 Å². The molecule has 6 heteroatoms. The molecule has 88 valence electrons. The highest BCUT2D eigenvalue weighted by molar-refractivity contribution is 9.10. The molecule has 0 bridgehead atoms. The van der Waals surface area contributed by atoms with Crippen LogP contribution in [-0.4, -0.2) is 15.5 Å². The Labute approximate surface area is 103 Å². The van der Waals surface area contributed by atoms with Gasteiger partial charge in [-0.1, -0.05) is 6.92 Å². The van der Waals surface area contributed by atoms with Gasteiger partial charge >= 0.3 is 0 Å². The van der Waals surface area contributed by atoms with Gasteiger partial charge in [-0.15, -0.1) is 0 Å². The van der Waals surface area contributed by atoms with E-state index in [0.717, 1.165) is 16.7 Å². The molecule has 0 amide bonds. The second kappa shape index (κ2) is 4.55. The van der Waals surface area contributed by atoms with Gasteiger partial charge < -0.3 is 5.32 Å². The lowest BCUT2D eigenvalue weighted by Crippen LogP contribution is -2.44. The van der Waals surface area contributed by atoms with E-state index in [9.17, 15) is 0 Å². The van der Waals surface area contributed by atoms with Gasteiger partial charge in [0.15, 0.2) is 0 Å². The number of halogens is 1. The molecule has 0 atom stereocenters. The van der Waals surface area contributed by atoms with E-state index in [2.05, 4.69) is 43.6 Å². The van der Waals surface area contributed by atoms with E-state index in [4.69, 9.17) is 5.84 Å². The normalized spacial score (nSPS) is 17.7. The van der Waals surface area contributed by atoms with Crippen molar-refractivity contribution in [3.05, 3.63) is 10.7 Å². The van der Waals surface area contributed by atoms with Crippen LogP contribution < -0.4 is 16.6 Å². The number of nitrogens with one attached hydrogen (secondary N) is 2. The molecule has 0 saturated heterocycles. The van der Waals surface area contributed by atoms with E-state index >= 15 is 0 Å². The molecule has 16 heavy (non-hydrogen) atoms. The van der Waals surface area contributed by atoms with Gasteiger partial charge in [0.05, 0.1) is 4.47 Å². The Morgan fingerprint density at radius 3 is 2.81 bits per heavy atom. The van der Waals surface area contributed by atoms with E-state index in [1.54, 1.807) is 6.20 Å². The molecule has 1 saturated carbocycles. The number of hydrogen-bond donors (Lipinski definition) is 3. The van der Waals surface area contributed by atoms with Crippen molar-refractivity contribution in [2.75, 3.05) is 10.7 Å². The van der Waals surface area contributed by atoms with Crippen LogP contribution in [0.15, 0.2) is 10.7 Å². The summed E-state index contributed by atoms with van der Waals surface area (Å²) in [4.78, 5) is 8.32. The van der Waals surface area contributed by atoms with E-state index < -0.39 is 0 Å². The Balaban J connectivity index is 2.19. The zero-order chi connectivity index (χ0) is 11.6. The zero-order valence-electron chi connectivity index (χ0n) is 9.26. The van der Waals surface area contributed by atoms with Crippen molar-refractivity contribution in [3.63, 3.8) is 0 Å². The summed E-state index contributed by atoms with van der Waals surface area (Å²) in [5.74, 6) is 6.53. The number of nitrogens with two attached hydrogens (primary N) is 1. The maximum absolute atomic E-state index is 5.29. The smallest absolute Gasteiger partial charge is 0.239 e. The van der Waals surface area contributed by atoms with Gasteiger partial charge in [-0.05, 0) is 41.6 Å². The molecule has 5 nitrogen and oxygen atoms in total. The first-order valence-corrected chi connectivity index (χ1v) is 6.26. The van der Waals surface area contributed by atoms with Gasteiger partial charge in [0.1, 0.15) is 5.82 Å². The molecule has 1 fully saturated rings. The Morgan fingerprint density at radius 1 is 1.56 bits per heavy atom. The molecule has 4 N–H and O–H groups in total. The first kappa shape index (κ1) is 11.6. The van der Waals surface area contributed by atoms with Gasteiger partial charge in [0, 0.05) is 11.7 Å². The zero-order valence-corrected chi connectivity index (χ0v) is 10.8. The summed E-state index contributed by atoms with van der Waals surface area (Å²) in [7, 11) is 0. The van der Waals surface area contributed by atoms with Crippen molar-refractivity contribution < 1.29 is 0 Å². The molecular weight excluding hydrogens is 270 g/mol. The van der Waals surface area contributed by atoms with Gasteiger partial charge in [0.25, 0.3) is 0 Å². The molecule has 0 aromatic carbocycles. The standard InChI is InChI=1S/C10H16BrN5/c1-2-10(4-3-5-10)15-8-7(11)6-13-9(14-8)16-12/h6H,2-5,12H2,1H3,(H2,13,14,15,16). The van der Waals surface area contributed by atoms with E-state index in [1.807, 2.05) is 0 Å². The Hall–Kier alpha value is -0.880. The third-order valence-electron chi connectivity index (χ3n) is 3.24. The minimum atomic E-state index is 0.211. The van der Waals surface area contributed by atoms with Crippen molar-refractivity contribution in [1.29, 1.82) is 0 Å². The van der Waals surface area contributed by atoms with Crippen molar-refractivity contribution >= 4 is 27.7 Å². The molecule has 1 aromatic heterocycles. The van der Waals surface area contributed by atoms with Gasteiger partial charge in [-0.3, -0.25) is 5.43 Å². The summed E-state index contributed by atoms with van der Waals surface area (Å²) < 4.78 is 0.867. The SMILES string of the molecule is CCC1(Nc2nc(NN)ncc2Br)CCC1. The van der Waals surface area contributed by atoms with Crippen LogP contribution in [0.1, 0.15) is 32.6 Å². The molecule has 1 aliphatic carbocycles. The van der Waals surface area contributed by atoms with Crippen LogP contribution in [-0.2, 0) is 0 Å². The van der Waals surface area contributed by atoms with Gasteiger partial charge in [0.2, 0.25) is 5.95 Å². The molecule has 1 heterocycles. The van der Waals surface area contributed by atoms with Gasteiger partial charge in [-0.25, -0.2) is 10.8 Å². The lowest BCUT2D eigenvalue weighted by Gasteiger charge is -2.42. The van der Waals surface area contributed by atoms with Crippen LogP contribution in [0.2, 0.25) is 0 Å². The lowest BCUT2D eigenvalue weighted by molar-refractivity contribution is 0.268. The predicted octanol–water partition coefficient (Wildman–Crippen LogP) is 2.27. The first-order valence-electron chi connectivity index (χ1n) is 5.46. The summed E-state index contributed by atoms with van der Waals surface area (Å²) in [5, 5.41) is 3.49. The summed E-state index contributed by atoms with van der Waals surface area (Å²) in [6.07, 6.45) is 6.49. The second-order valence-corrected chi connectivity index (χ2v) is 5.00. The van der Waals surface area contributed by atoms with Crippen LogP contribution >= 0.6 is 15.9 Å². The second-order valence-electron chi connectivity index (χ2n) is 4.15. The maximum Gasteiger partial charge on any atom is 0.239 e. The molecule has 2 rings (SSSR count). The van der Waals surface area contributed by atoms with Crippen LogP contribution in [0.4, 0.5) is 11.8 Å². The Kier molecular flexibility index (Phi) is 3.30. The Morgan fingerprint density at radius 2 is 2.31 bits per heavy atom. The average Bonchev–Trinajstić information content (AvgIpc) is 2.26. The van der Waals surface area contributed by atoms with Crippen LogP contribution in [0.25, 0.3) is 0 Å². The molecule has 1 aromatic rings. The quantitative estimate of drug-likeness (QED) is 0.584. The van der Waals surface area contributed by atoms with Crippen molar-refractivity contribution in [3.8, 4) is 0 Å². The minimum absolute atomic E-state index is 0.211. The van der Waals surface area contributed by atoms with Gasteiger partial charge in [-0.2, -0.15) is 4.98 Å². The fourth-order valence-electron chi connectivity index (χ4n) is 1.95.